The number of aryl methyl sites for hydroxylation is 1. The number of rotatable bonds is 8. The number of hydrogen-bond acceptors (Lipinski definition) is 4. The van der Waals surface area contributed by atoms with Crippen LogP contribution in [0.15, 0.2) is 60.3 Å². The second-order valence-corrected chi connectivity index (χ2v) is 6.78. The molecular weight excluding hydrogens is 352 g/mol. The quantitative estimate of drug-likeness (QED) is 0.520. The number of carbonyl (C=O) groups excluding carboxylic acids is 2. The molecule has 1 aliphatic heterocycles. The van der Waals surface area contributed by atoms with E-state index in [0.29, 0.717) is 37.4 Å². The Kier molecular flexibility index (Phi) is 6.26. The first-order chi connectivity index (χ1) is 13.6. The number of hydrogen-bond donors (Lipinski definition) is 0. The van der Waals surface area contributed by atoms with Gasteiger partial charge in [-0.3, -0.25) is 14.5 Å². The van der Waals surface area contributed by atoms with Crippen molar-refractivity contribution in [2.45, 2.75) is 20.3 Å². The fraction of sp³-hybridized carbons (Fsp3) is 0.304. The van der Waals surface area contributed by atoms with Crippen molar-refractivity contribution in [3.05, 3.63) is 71.4 Å². The van der Waals surface area contributed by atoms with Crippen molar-refractivity contribution in [3.8, 4) is 0 Å². The number of imide groups is 1. The van der Waals surface area contributed by atoms with Gasteiger partial charge in [-0.05, 0) is 38.0 Å². The van der Waals surface area contributed by atoms with E-state index in [1.807, 2.05) is 73.3 Å². The van der Waals surface area contributed by atoms with Crippen molar-refractivity contribution < 1.29 is 14.3 Å². The molecule has 1 heterocycles. The molecule has 1 aliphatic rings. The number of benzene rings is 2. The van der Waals surface area contributed by atoms with Gasteiger partial charge in [-0.2, -0.15) is 0 Å². The molecular formula is C23H26N2O3. The van der Waals surface area contributed by atoms with Crippen molar-refractivity contribution in [1.29, 1.82) is 0 Å². The van der Waals surface area contributed by atoms with E-state index >= 15 is 0 Å². The van der Waals surface area contributed by atoms with Crippen LogP contribution < -0.4 is 4.90 Å². The van der Waals surface area contributed by atoms with Crippen LogP contribution in [0.3, 0.4) is 0 Å². The summed E-state index contributed by atoms with van der Waals surface area (Å²) in [6, 6.07) is 17.5. The van der Waals surface area contributed by atoms with Gasteiger partial charge >= 0.3 is 0 Å². The molecule has 5 nitrogen and oxygen atoms in total. The van der Waals surface area contributed by atoms with Gasteiger partial charge in [0.1, 0.15) is 5.70 Å². The van der Waals surface area contributed by atoms with Gasteiger partial charge in [0, 0.05) is 32.5 Å². The zero-order chi connectivity index (χ0) is 20.1. The van der Waals surface area contributed by atoms with E-state index in [9.17, 15) is 9.59 Å². The molecule has 0 aliphatic carbocycles. The maximum Gasteiger partial charge on any atom is 0.278 e. The summed E-state index contributed by atoms with van der Waals surface area (Å²) in [5, 5.41) is 0. The van der Waals surface area contributed by atoms with Gasteiger partial charge in [-0.25, -0.2) is 0 Å². The average Bonchev–Trinajstić information content (AvgIpc) is 2.95. The summed E-state index contributed by atoms with van der Waals surface area (Å²) >= 11 is 0. The zero-order valence-corrected chi connectivity index (χ0v) is 16.6. The first-order valence-corrected chi connectivity index (χ1v) is 9.57. The van der Waals surface area contributed by atoms with E-state index < -0.39 is 0 Å². The summed E-state index contributed by atoms with van der Waals surface area (Å²) in [4.78, 5) is 29.8. The summed E-state index contributed by atoms with van der Waals surface area (Å²) in [7, 11) is 1.61. The summed E-state index contributed by atoms with van der Waals surface area (Å²) in [5.74, 6) is -0.489. The van der Waals surface area contributed by atoms with Crippen molar-refractivity contribution in [2.24, 2.45) is 0 Å². The standard InChI is InChI=1S/C23H26N2O3/c1-4-24(19-9-6-5-7-10-19)21-20(18-13-11-17(2)12-14-18)22(26)25(23(21)27)15-8-16-28-3/h5-7,9-14H,4,8,15-16H2,1-3H3. The molecule has 2 aromatic carbocycles. The number of likely N-dealkylation sites (N-methyl/N-ethyl adjacent to an activating group) is 1. The monoisotopic (exact) mass is 378 g/mol. The van der Waals surface area contributed by atoms with Crippen LogP contribution in [0.1, 0.15) is 24.5 Å². The van der Waals surface area contributed by atoms with E-state index in [2.05, 4.69) is 0 Å². The van der Waals surface area contributed by atoms with Crippen LogP contribution in [0, 0.1) is 6.92 Å². The predicted octanol–water partition coefficient (Wildman–Crippen LogP) is 3.64. The third-order valence-electron chi connectivity index (χ3n) is 4.87. The zero-order valence-electron chi connectivity index (χ0n) is 16.6. The Balaban J connectivity index is 2.09. The van der Waals surface area contributed by atoms with Gasteiger partial charge in [0.25, 0.3) is 11.8 Å². The lowest BCUT2D eigenvalue weighted by molar-refractivity contribution is -0.137. The largest absolute Gasteiger partial charge is 0.385 e. The van der Waals surface area contributed by atoms with Crippen LogP contribution in [0.5, 0.6) is 0 Å². The highest BCUT2D eigenvalue weighted by Crippen LogP contribution is 2.34. The fourth-order valence-corrected chi connectivity index (χ4v) is 3.44. The molecule has 0 radical (unpaired) electrons. The molecule has 0 unspecified atom stereocenters. The molecule has 0 bridgehead atoms. The van der Waals surface area contributed by atoms with Crippen LogP contribution in [-0.2, 0) is 14.3 Å². The van der Waals surface area contributed by atoms with Crippen molar-refractivity contribution in [1.82, 2.24) is 4.90 Å². The SMILES string of the molecule is CCN(C1=C(c2ccc(C)cc2)C(=O)N(CCCOC)C1=O)c1ccccc1. The van der Waals surface area contributed by atoms with Crippen LogP contribution in [0.25, 0.3) is 5.57 Å². The lowest BCUT2D eigenvalue weighted by Gasteiger charge is -2.25. The molecule has 0 saturated carbocycles. The minimum absolute atomic E-state index is 0.241. The minimum atomic E-state index is -0.248. The van der Waals surface area contributed by atoms with E-state index in [4.69, 9.17) is 4.74 Å². The number of nitrogens with zero attached hydrogens (tertiary/aromatic N) is 2. The Labute approximate surface area is 166 Å². The van der Waals surface area contributed by atoms with E-state index in [-0.39, 0.29) is 11.8 Å². The Hall–Kier alpha value is -2.92. The Morgan fingerprint density at radius 3 is 2.25 bits per heavy atom. The molecule has 0 N–H and O–H groups in total. The molecule has 28 heavy (non-hydrogen) atoms. The number of methoxy groups -OCH3 is 1. The molecule has 3 rings (SSSR count). The maximum atomic E-state index is 13.3. The molecule has 2 aromatic rings. The lowest BCUT2D eigenvalue weighted by Crippen LogP contribution is -2.36. The maximum absolute atomic E-state index is 13.3. The van der Waals surface area contributed by atoms with E-state index in [0.717, 1.165) is 16.8 Å². The molecule has 146 valence electrons. The van der Waals surface area contributed by atoms with Gasteiger partial charge in [0.2, 0.25) is 0 Å². The normalized spacial score (nSPS) is 14.2. The molecule has 0 aromatic heterocycles. The summed E-state index contributed by atoms with van der Waals surface area (Å²) in [5.41, 5.74) is 3.68. The first-order valence-electron chi connectivity index (χ1n) is 9.57. The number of carbonyl (C=O) groups is 2. The molecule has 0 fully saturated rings. The van der Waals surface area contributed by atoms with Crippen molar-refractivity contribution in [2.75, 3.05) is 31.7 Å². The summed E-state index contributed by atoms with van der Waals surface area (Å²) in [6.45, 7) is 5.41. The Morgan fingerprint density at radius 1 is 0.964 bits per heavy atom. The van der Waals surface area contributed by atoms with Gasteiger partial charge in [0.05, 0.1) is 5.57 Å². The number of para-hydroxylation sites is 1. The second kappa shape index (κ2) is 8.85. The summed E-state index contributed by atoms with van der Waals surface area (Å²) in [6.07, 6.45) is 0.611. The average molecular weight is 378 g/mol. The van der Waals surface area contributed by atoms with Gasteiger partial charge in [-0.1, -0.05) is 48.0 Å². The number of amides is 2. The Morgan fingerprint density at radius 2 is 1.64 bits per heavy atom. The van der Waals surface area contributed by atoms with E-state index in [1.54, 1.807) is 7.11 Å². The molecule has 0 spiro atoms. The third-order valence-corrected chi connectivity index (χ3v) is 4.87. The number of ether oxygens (including phenoxy) is 1. The highest BCUT2D eigenvalue weighted by Gasteiger charge is 2.41. The van der Waals surface area contributed by atoms with Crippen LogP contribution in [-0.4, -0.2) is 43.5 Å². The van der Waals surface area contributed by atoms with Gasteiger partial charge in [-0.15, -0.1) is 0 Å². The van der Waals surface area contributed by atoms with Crippen molar-refractivity contribution in [3.63, 3.8) is 0 Å². The highest BCUT2D eigenvalue weighted by atomic mass is 16.5. The molecule has 0 atom stereocenters. The molecule has 5 heteroatoms. The van der Waals surface area contributed by atoms with Crippen LogP contribution in [0.4, 0.5) is 5.69 Å². The smallest absolute Gasteiger partial charge is 0.278 e. The van der Waals surface area contributed by atoms with Gasteiger partial charge < -0.3 is 9.64 Å². The fourth-order valence-electron chi connectivity index (χ4n) is 3.44. The highest BCUT2D eigenvalue weighted by molar-refractivity contribution is 6.36. The van der Waals surface area contributed by atoms with E-state index in [1.165, 1.54) is 4.90 Å². The Bertz CT molecular complexity index is 872. The third kappa shape index (κ3) is 3.85. The van der Waals surface area contributed by atoms with Crippen LogP contribution >= 0.6 is 0 Å². The first kappa shape index (κ1) is 19.8. The minimum Gasteiger partial charge on any atom is -0.385 e. The van der Waals surface area contributed by atoms with Crippen LogP contribution in [0.2, 0.25) is 0 Å². The lowest BCUT2D eigenvalue weighted by atomic mass is 10.0. The molecule has 0 saturated heterocycles. The predicted molar refractivity (Wildman–Crippen MR) is 111 cm³/mol. The van der Waals surface area contributed by atoms with Crippen molar-refractivity contribution >= 4 is 23.1 Å². The summed E-state index contributed by atoms with van der Waals surface area (Å²) < 4.78 is 5.09. The number of anilines is 1. The van der Waals surface area contributed by atoms with Gasteiger partial charge in [0.15, 0.2) is 0 Å². The topological polar surface area (TPSA) is 49.9 Å². The molecule has 2 amide bonds. The second-order valence-electron chi connectivity index (χ2n) is 6.78.